The van der Waals surface area contributed by atoms with E-state index < -0.39 is 0 Å². The number of rotatable bonds is 4. The number of methoxy groups -OCH3 is 1. The van der Waals surface area contributed by atoms with Crippen LogP contribution in [0, 0.1) is 0 Å². The number of nitrogens with one attached hydrogen (secondary N) is 2. The Labute approximate surface area is 151 Å². The van der Waals surface area contributed by atoms with Gasteiger partial charge < -0.3 is 9.72 Å². The van der Waals surface area contributed by atoms with Crippen LogP contribution in [0.2, 0.25) is 0 Å². The number of aromatic nitrogens is 3. The van der Waals surface area contributed by atoms with Crippen LogP contribution in [0.3, 0.4) is 0 Å². The number of imidazole rings is 1. The van der Waals surface area contributed by atoms with Crippen molar-refractivity contribution in [1.29, 1.82) is 0 Å². The summed E-state index contributed by atoms with van der Waals surface area (Å²) in [6.07, 6.45) is 3.44. The van der Waals surface area contributed by atoms with E-state index in [0.29, 0.717) is 28.5 Å². The van der Waals surface area contributed by atoms with Crippen molar-refractivity contribution in [3.63, 3.8) is 0 Å². The molecule has 4 rings (SSSR count). The lowest BCUT2D eigenvalue weighted by molar-refractivity contribution is 0.0751. The molecule has 0 saturated carbocycles. The molecule has 3 heterocycles. The number of piperidine rings is 1. The van der Waals surface area contributed by atoms with Gasteiger partial charge in [-0.3, -0.25) is 10.2 Å². The van der Waals surface area contributed by atoms with Crippen molar-refractivity contribution < 1.29 is 9.53 Å². The normalized spacial score (nSPS) is 15.1. The van der Waals surface area contributed by atoms with Gasteiger partial charge in [-0.05, 0) is 31.0 Å². The van der Waals surface area contributed by atoms with Crippen LogP contribution in [0.25, 0.3) is 22.6 Å². The predicted molar refractivity (Wildman–Crippen MR) is 98.8 cm³/mol. The maximum Gasteiger partial charge on any atom is 0.267 e. The zero-order valence-electron chi connectivity index (χ0n) is 14.7. The Kier molecular flexibility index (Phi) is 4.53. The molecule has 1 aromatic carbocycles. The zero-order chi connectivity index (χ0) is 17.9. The molecule has 2 aromatic heterocycles. The van der Waals surface area contributed by atoms with Crippen molar-refractivity contribution in [3.05, 3.63) is 42.0 Å². The second-order valence-electron chi connectivity index (χ2n) is 6.34. The molecule has 1 amide bonds. The van der Waals surface area contributed by atoms with Gasteiger partial charge in [-0.1, -0.05) is 18.6 Å². The number of nitrogens with zero attached hydrogens (tertiary/aromatic N) is 3. The number of hydrazine groups is 1. The lowest BCUT2D eigenvalue weighted by atomic mass is 10.1. The highest BCUT2D eigenvalue weighted by atomic mass is 16.5. The fourth-order valence-electron chi connectivity index (χ4n) is 3.21. The zero-order valence-corrected chi connectivity index (χ0v) is 14.7. The number of pyridine rings is 1. The summed E-state index contributed by atoms with van der Waals surface area (Å²) in [5.41, 5.74) is 5.67. The summed E-state index contributed by atoms with van der Waals surface area (Å²) in [6, 6.07) is 11.1. The molecule has 3 aromatic rings. The maximum atomic E-state index is 12.7. The minimum absolute atomic E-state index is 0.130. The number of para-hydroxylation sites is 1. The Balaban J connectivity index is 1.65. The van der Waals surface area contributed by atoms with Gasteiger partial charge in [0.15, 0.2) is 5.82 Å². The van der Waals surface area contributed by atoms with Crippen molar-refractivity contribution in [2.24, 2.45) is 0 Å². The van der Waals surface area contributed by atoms with E-state index in [9.17, 15) is 4.79 Å². The van der Waals surface area contributed by atoms with Gasteiger partial charge in [-0.2, -0.15) is 0 Å². The molecule has 0 spiro atoms. The van der Waals surface area contributed by atoms with Crippen LogP contribution in [-0.2, 0) is 0 Å². The molecule has 0 radical (unpaired) electrons. The van der Waals surface area contributed by atoms with Crippen molar-refractivity contribution in [2.45, 2.75) is 19.3 Å². The largest absolute Gasteiger partial charge is 0.481 e. The molecular weight excluding hydrogens is 330 g/mol. The second kappa shape index (κ2) is 7.13. The van der Waals surface area contributed by atoms with E-state index in [2.05, 4.69) is 20.4 Å². The van der Waals surface area contributed by atoms with Crippen LogP contribution < -0.4 is 10.2 Å². The number of hydrogen-bond acceptors (Lipinski definition) is 5. The molecule has 1 aliphatic rings. The SMILES string of the molecule is COc1cccc(-c2nc3c(C(=O)NN4CCCCC4)cccc3[nH]2)n1. The second-order valence-corrected chi connectivity index (χ2v) is 6.34. The van der Waals surface area contributed by atoms with Crippen LogP contribution in [0.4, 0.5) is 0 Å². The van der Waals surface area contributed by atoms with Crippen molar-refractivity contribution in [1.82, 2.24) is 25.4 Å². The van der Waals surface area contributed by atoms with E-state index in [4.69, 9.17) is 4.74 Å². The number of carbonyl (C=O) groups is 1. The number of hydrogen-bond donors (Lipinski definition) is 2. The predicted octanol–water partition coefficient (Wildman–Crippen LogP) is 2.76. The number of H-pyrrole nitrogens is 1. The average molecular weight is 351 g/mol. The Morgan fingerprint density at radius 2 is 1.92 bits per heavy atom. The number of aromatic amines is 1. The molecular formula is C19H21N5O2. The Bertz CT molecular complexity index is 931. The number of benzene rings is 1. The van der Waals surface area contributed by atoms with E-state index in [1.807, 2.05) is 29.3 Å². The lowest BCUT2D eigenvalue weighted by Crippen LogP contribution is -2.45. The number of ether oxygens (including phenoxy) is 1. The number of amides is 1. The van der Waals surface area contributed by atoms with Crippen molar-refractivity contribution >= 4 is 16.9 Å². The number of carbonyl (C=O) groups excluding carboxylic acids is 1. The first kappa shape index (κ1) is 16.5. The van der Waals surface area contributed by atoms with E-state index >= 15 is 0 Å². The fraction of sp³-hybridized carbons (Fsp3) is 0.316. The van der Waals surface area contributed by atoms with Crippen LogP contribution in [0.15, 0.2) is 36.4 Å². The van der Waals surface area contributed by atoms with E-state index in [-0.39, 0.29) is 5.91 Å². The molecule has 1 saturated heterocycles. The van der Waals surface area contributed by atoms with E-state index in [1.165, 1.54) is 6.42 Å². The summed E-state index contributed by atoms with van der Waals surface area (Å²) in [6.45, 7) is 1.78. The molecule has 26 heavy (non-hydrogen) atoms. The van der Waals surface area contributed by atoms with Gasteiger partial charge in [0.25, 0.3) is 5.91 Å². The Hall–Kier alpha value is -2.93. The highest BCUT2D eigenvalue weighted by molar-refractivity contribution is 6.05. The van der Waals surface area contributed by atoms with Gasteiger partial charge in [0.1, 0.15) is 11.2 Å². The van der Waals surface area contributed by atoms with Gasteiger partial charge in [-0.15, -0.1) is 0 Å². The molecule has 0 unspecified atom stereocenters. The van der Waals surface area contributed by atoms with E-state index in [1.54, 1.807) is 19.2 Å². The standard InChI is InChI=1S/C19H21N5O2/c1-26-16-10-6-9-15(20-16)18-21-14-8-5-7-13(17(14)22-18)19(25)23-24-11-3-2-4-12-24/h5-10H,2-4,11-12H2,1H3,(H,21,22)(H,23,25). The van der Waals surface area contributed by atoms with Gasteiger partial charge in [0, 0.05) is 19.2 Å². The smallest absolute Gasteiger partial charge is 0.267 e. The third kappa shape index (κ3) is 3.25. The van der Waals surface area contributed by atoms with Crippen LogP contribution in [0.1, 0.15) is 29.6 Å². The molecule has 0 aliphatic carbocycles. The van der Waals surface area contributed by atoms with E-state index in [0.717, 1.165) is 31.4 Å². The molecule has 7 nitrogen and oxygen atoms in total. The minimum Gasteiger partial charge on any atom is -0.481 e. The summed E-state index contributed by atoms with van der Waals surface area (Å²) in [5, 5.41) is 1.99. The molecule has 2 N–H and O–H groups in total. The third-order valence-electron chi connectivity index (χ3n) is 4.55. The Morgan fingerprint density at radius 3 is 2.73 bits per heavy atom. The lowest BCUT2D eigenvalue weighted by Gasteiger charge is -2.26. The average Bonchev–Trinajstić information content (AvgIpc) is 3.13. The van der Waals surface area contributed by atoms with Gasteiger partial charge in [0.2, 0.25) is 5.88 Å². The highest BCUT2D eigenvalue weighted by Crippen LogP contribution is 2.23. The topological polar surface area (TPSA) is 83.1 Å². The summed E-state index contributed by atoms with van der Waals surface area (Å²) >= 11 is 0. The highest BCUT2D eigenvalue weighted by Gasteiger charge is 2.18. The fourth-order valence-corrected chi connectivity index (χ4v) is 3.21. The van der Waals surface area contributed by atoms with Gasteiger partial charge in [-0.25, -0.2) is 15.0 Å². The van der Waals surface area contributed by atoms with Crippen LogP contribution >= 0.6 is 0 Å². The van der Waals surface area contributed by atoms with Gasteiger partial charge in [0.05, 0.1) is 18.2 Å². The van der Waals surface area contributed by atoms with Crippen LogP contribution in [0.5, 0.6) is 5.88 Å². The quantitative estimate of drug-likeness (QED) is 0.755. The maximum absolute atomic E-state index is 12.7. The Morgan fingerprint density at radius 1 is 1.12 bits per heavy atom. The monoisotopic (exact) mass is 351 g/mol. The third-order valence-corrected chi connectivity index (χ3v) is 4.55. The summed E-state index contributed by atoms with van der Waals surface area (Å²) in [4.78, 5) is 25.0. The van der Waals surface area contributed by atoms with Crippen LogP contribution in [-0.4, -0.2) is 46.1 Å². The molecule has 7 heteroatoms. The summed E-state index contributed by atoms with van der Waals surface area (Å²) in [7, 11) is 1.58. The molecule has 0 bridgehead atoms. The number of fused-ring (bicyclic) bond motifs is 1. The first-order valence-electron chi connectivity index (χ1n) is 8.81. The summed E-state index contributed by atoms with van der Waals surface area (Å²) < 4.78 is 5.17. The first-order valence-corrected chi connectivity index (χ1v) is 8.81. The minimum atomic E-state index is -0.130. The van der Waals surface area contributed by atoms with Crippen molar-refractivity contribution in [2.75, 3.05) is 20.2 Å². The summed E-state index contributed by atoms with van der Waals surface area (Å²) in [5.74, 6) is 0.997. The molecule has 1 fully saturated rings. The first-order chi connectivity index (χ1) is 12.7. The molecule has 0 atom stereocenters. The van der Waals surface area contributed by atoms with Crippen molar-refractivity contribution in [3.8, 4) is 17.4 Å². The molecule has 1 aliphatic heterocycles. The van der Waals surface area contributed by atoms with Gasteiger partial charge >= 0.3 is 0 Å². The molecule has 134 valence electrons.